The highest BCUT2D eigenvalue weighted by molar-refractivity contribution is 6.13. The van der Waals surface area contributed by atoms with E-state index in [1.165, 1.54) is 12.1 Å². The molecule has 0 amide bonds. The van der Waals surface area contributed by atoms with Gasteiger partial charge in [-0.3, -0.25) is 14.8 Å². The number of hydrogen-bond donors (Lipinski definition) is 1. The Morgan fingerprint density at radius 2 is 1.70 bits per heavy atom. The topological polar surface area (TPSA) is 62.5 Å². The summed E-state index contributed by atoms with van der Waals surface area (Å²) in [6.45, 7) is 2.49. The third-order valence-corrected chi connectivity index (χ3v) is 6.75. The molecule has 0 fully saturated rings. The van der Waals surface area contributed by atoms with E-state index in [0.29, 0.717) is 23.5 Å². The van der Waals surface area contributed by atoms with Crippen molar-refractivity contribution in [3.63, 3.8) is 0 Å². The van der Waals surface area contributed by atoms with Crippen molar-refractivity contribution in [2.75, 3.05) is 0 Å². The van der Waals surface area contributed by atoms with Crippen LogP contribution in [0.4, 0.5) is 8.78 Å². The van der Waals surface area contributed by atoms with Crippen LogP contribution in [0.15, 0.2) is 84.0 Å². The molecule has 1 unspecified atom stereocenters. The average Bonchev–Trinajstić information content (AvgIpc) is 3.25. The summed E-state index contributed by atoms with van der Waals surface area (Å²) < 4.78 is 28.1. The summed E-state index contributed by atoms with van der Waals surface area (Å²) in [5, 5.41) is 9.90. The third kappa shape index (κ3) is 5.48. The Balaban J connectivity index is 1.48. The number of ketones is 1. The molecule has 1 atom stereocenters. The fourth-order valence-electron chi connectivity index (χ4n) is 5.05. The fourth-order valence-corrected chi connectivity index (χ4v) is 5.05. The zero-order chi connectivity index (χ0) is 25.9. The number of fused-ring (bicyclic) bond motifs is 1. The number of carbonyl (C=O) groups excluding carboxylic acids is 1. The van der Waals surface area contributed by atoms with E-state index in [2.05, 4.69) is 9.98 Å². The Labute approximate surface area is 214 Å². The van der Waals surface area contributed by atoms with Gasteiger partial charge in [0, 0.05) is 42.1 Å². The Bertz CT molecular complexity index is 1490. The lowest BCUT2D eigenvalue weighted by molar-refractivity contribution is -0.118. The first-order valence-corrected chi connectivity index (χ1v) is 12.2. The third-order valence-electron chi connectivity index (χ3n) is 6.75. The van der Waals surface area contributed by atoms with Gasteiger partial charge < -0.3 is 5.11 Å². The van der Waals surface area contributed by atoms with Crippen molar-refractivity contribution in [3.8, 4) is 16.9 Å². The van der Waals surface area contributed by atoms with Gasteiger partial charge in [-0.2, -0.15) is 0 Å². The summed E-state index contributed by atoms with van der Waals surface area (Å²) >= 11 is 0. The van der Waals surface area contributed by atoms with Crippen LogP contribution >= 0.6 is 0 Å². The number of pyridine rings is 1. The van der Waals surface area contributed by atoms with E-state index in [9.17, 15) is 18.7 Å². The maximum Gasteiger partial charge on any atom is 0.139 e. The molecule has 1 aliphatic rings. The molecule has 6 heteroatoms. The van der Waals surface area contributed by atoms with Crippen LogP contribution in [-0.2, 0) is 17.8 Å². The summed E-state index contributed by atoms with van der Waals surface area (Å²) in [5.74, 6) is -1.65. The minimum Gasteiger partial charge on any atom is -0.508 e. The predicted molar refractivity (Wildman–Crippen MR) is 140 cm³/mol. The summed E-state index contributed by atoms with van der Waals surface area (Å²) in [7, 11) is 0. The second kappa shape index (κ2) is 10.4. The molecule has 0 saturated carbocycles. The first-order valence-electron chi connectivity index (χ1n) is 12.2. The van der Waals surface area contributed by atoms with Crippen molar-refractivity contribution in [2.45, 2.75) is 38.6 Å². The fraction of sp³-hybridized carbons (Fsp3) is 0.194. The number of aromatic hydroxyl groups is 1. The van der Waals surface area contributed by atoms with Crippen LogP contribution in [-0.4, -0.2) is 21.6 Å². The minimum atomic E-state index is -0.656. The van der Waals surface area contributed by atoms with Gasteiger partial charge >= 0.3 is 0 Å². The summed E-state index contributed by atoms with van der Waals surface area (Å²) in [4.78, 5) is 22.6. The minimum absolute atomic E-state index is 0.0572. The maximum atomic E-state index is 14.0. The molecule has 1 aromatic heterocycles. The average molecular weight is 497 g/mol. The Morgan fingerprint density at radius 1 is 0.946 bits per heavy atom. The number of aromatic nitrogens is 1. The van der Waals surface area contributed by atoms with Crippen molar-refractivity contribution in [3.05, 3.63) is 119 Å². The SMILES string of the molecule is Cc1ccccc1-c1cccnc1C(CC(=O)CC1=NCc2ccc(O)cc21)Cc1cc(F)cc(F)c1. The summed E-state index contributed by atoms with van der Waals surface area (Å²) in [5.41, 5.74) is 6.53. The highest BCUT2D eigenvalue weighted by Gasteiger charge is 2.25. The van der Waals surface area contributed by atoms with Gasteiger partial charge in [-0.15, -0.1) is 0 Å². The van der Waals surface area contributed by atoms with Crippen molar-refractivity contribution < 1.29 is 18.7 Å². The molecule has 0 radical (unpaired) electrons. The van der Waals surface area contributed by atoms with Crippen molar-refractivity contribution in [1.29, 1.82) is 0 Å². The van der Waals surface area contributed by atoms with Crippen molar-refractivity contribution >= 4 is 11.5 Å². The maximum absolute atomic E-state index is 14.0. The number of aryl methyl sites for hydroxylation is 1. The van der Waals surface area contributed by atoms with Crippen LogP contribution in [0.25, 0.3) is 11.1 Å². The molecule has 1 N–H and O–H groups in total. The van der Waals surface area contributed by atoms with Crippen LogP contribution in [0.5, 0.6) is 5.75 Å². The van der Waals surface area contributed by atoms with Gasteiger partial charge in [-0.05, 0) is 65.9 Å². The van der Waals surface area contributed by atoms with Gasteiger partial charge in [0.1, 0.15) is 23.2 Å². The Morgan fingerprint density at radius 3 is 2.49 bits per heavy atom. The second-order valence-corrected chi connectivity index (χ2v) is 9.45. The van der Waals surface area contributed by atoms with Crippen LogP contribution in [0, 0.1) is 18.6 Å². The summed E-state index contributed by atoms with van der Waals surface area (Å²) in [6, 6.07) is 20.3. The lowest BCUT2D eigenvalue weighted by Gasteiger charge is -2.20. The zero-order valence-electron chi connectivity index (χ0n) is 20.4. The van der Waals surface area contributed by atoms with E-state index in [0.717, 1.165) is 33.9 Å². The highest BCUT2D eigenvalue weighted by Crippen LogP contribution is 2.34. The van der Waals surface area contributed by atoms with Crippen LogP contribution in [0.2, 0.25) is 0 Å². The molecule has 4 nitrogen and oxygen atoms in total. The van der Waals surface area contributed by atoms with Gasteiger partial charge in [-0.25, -0.2) is 8.78 Å². The number of nitrogens with zero attached hydrogens (tertiary/aromatic N) is 2. The van der Waals surface area contributed by atoms with Crippen molar-refractivity contribution in [2.24, 2.45) is 4.99 Å². The van der Waals surface area contributed by atoms with E-state index in [1.807, 2.05) is 49.4 Å². The van der Waals surface area contributed by atoms with Gasteiger partial charge in [0.05, 0.1) is 18.0 Å². The molecule has 1 aliphatic heterocycles. The molecule has 3 aromatic carbocycles. The van der Waals surface area contributed by atoms with E-state index in [1.54, 1.807) is 18.3 Å². The molecular weight excluding hydrogens is 470 g/mol. The molecular formula is C31H26F2N2O2. The lowest BCUT2D eigenvalue weighted by Crippen LogP contribution is -2.16. The molecule has 37 heavy (non-hydrogen) atoms. The number of carbonyl (C=O) groups is 1. The van der Waals surface area contributed by atoms with E-state index in [4.69, 9.17) is 0 Å². The van der Waals surface area contributed by atoms with E-state index in [-0.39, 0.29) is 30.8 Å². The Kier molecular flexibility index (Phi) is 6.91. The first-order chi connectivity index (χ1) is 17.9. The summed E-state index contributed by atoms with van der Waals surface area (Å²) in [6.07, 6.45) is 2.17. The van der Waals surface area contributed by atoms with Gasteiger partial charge in [0.25, 0.3) is 0 Å². The number of hydrogen-bond acceptors (Lipinski definition) is 4. The number of aliphatic imine (C=N–C) groups is 1. The monoisotopic (exact) mass is 496 g/mol. The second-order valence-electron chi connectivity index (χ2n) is 9.45. The van der Waals surface area contributed by atoms with Crippen molar-refractivity contribution in [1.82, 2.24) is 4.98 Å². The van der Waals surface area contributed by atoms with Gasteiger partial charge in [0.2, 0.25) is 0 Å². The zero-order valence-corrected chi connectivity index (χ0v) is 20.4. The Hall–Kier alpha value is -4.19. The van der Waals surface area contributed by atoms with E-state index >= 15 is 0 Å². The quantitative estimate of drug-likeness (QED) is 0.295. The molecule has 0 bridgehead atoms. The largest absolute Gasteiger partial charge is 0.508 e. The first kappa shape index (κ1) is 24.5. The number of halogens is 2. The lowest BCUT2D eigenvalue weighted by atomic mass is 9.85. The number of phenolic OH excluding ortho intramolecular Hbond substituents is 1. The normalized spacial score (nSPS) is 13.2. The number of benzene rings is 3. The smallest absolute Gasteiger partial charge is 0.139 e. The molecule has 2 heterocycles. The highest BCUT2D eigenvalue weighted by atomic mass is 19.1. The van der Waals surface area contributed by atoms with Gasteiger partial charge in [-0.1, -0.05) is 36.4 Å². The molecule has 0 saturated heterocycles. The standard InChI is InChI=1S/C31H26F2N2O2/c1-19-5-2-3-6-27(19)28-7-4-10-34-31(28)22(11-20-12-23(32)15-24(33)13-20)14-26(37)17-30-29-16-25(36)9-8-21(29)18-35-30/h2-10,12-13,15-16,22,36H,11,14,17-18H2,1H3. The molecule has 0 aliphatic carbocycles. The van der Waals surface area contributed by atoms with E-state index < -0.39 is 17.6 Å². The molecule has 4 aromatic rings. The molecule has 186 valence electrons. The number of phenols is 1. The predicted octanol–water partition coefficient (Wildman–Crippen LogP) is 6.72. The van der Waals surface area contributed by atoms with Gasteiger partial charge in [0.15, 0.2) is 0 Å². The molecule has 5 rings (SSSR count). The van der Waals surface area contributed by atoms with Crippen LogP contribution < -0.4 is 0 Å². The number of Topliss-reactive ketones (excluding diaryl/α,β-unsaturated/α-hetero) is 1. The number of rotatable bonds is 8. The van der Waals surface area contributed by atoms with Crippen LogP contribution in [0.3, 0.4) is 0 Å². The molecule has 0 spiro atoms. The van der Waals surface area contributed by atoms with Crippen LogP contribution in [0.1, 0.15) is 46.7 Å².